The molecule has 0 aromatic heterocycles. The number of hydrogen-bond donors (Lipinski definition) is 2. The lowest BCUT2D eigenvalue weighted by Crippen LogP contribution is -2.28. The van der Waals surface area contributed by atoms with Gasteiger partial charge in [-0.05, 0) is 35.6 Å². The monoisotopic (exact) mass is 311 g/mol. The Labute approximate surface area is 136 Å². The van der Waals surface area contributed by atoms with Gasteiger partial charge < -0.3 is 15.2 Å². The molecule has 2 aromatic carbocycles. The Balaban J connectivity index is 1.67. The molecule has 1 atom stereocenters. The van der Waals surface area contributed by atoms with Crippen LogP contribution in [0, 0.1) is 0 Å². The van der Waals surface area contributed by atoms with Crippen LogP contribution in [0.15, 0.2) is 48.5 Å². The van der Waals surface area contributed by atoms with Crippen molar-refractivity contribution in [2.75, 3.05) is 13.2 Å². The summed E-state index contributed by atoms with van der Waals surface area (Å²) in [4.78, 5) is 11.8. The van der Waals surface area contributed by atoms with E-state index in [0.29, 0.717) is 19.6 Å². The summed E-state index contributed by atoms with van der Waals surface area (Å²) in [6.45, 7) is 2.42. The van der Waals surface area contributed by atoms with Gasteiger partial charge in [0.15, 0.2) is 0 Å². The van der Waals surface area contributed by atoms with E-state index in [0.717, 1.165) is 0 Å². The number of nitrogens with one attached hydrogen (secondary N) is 1. The van der Waals surface area contributed by atoms with Crippen LogP contribution in [-0.4, -0.2) is 30.5 Å². The highest BCUT2D eigenvalue weighted by Gasteiger charge is 2.28. The van der Waals surface area contributed by atoms with Crippen LogP contribution in [0.2, 0.25) is 0 Å². The first-order valence-corrected chi connectivity index (χ1v) is 7.93. The predicted molar refractivity (Wildman–Crippen MR) is 89.4 cm³/mol. The molecule has 4 heteroatoms. The van der Waals surface area contributed by atoms with E-state index in [1.54, 1.807) is 6.92 Å². The largest absolute Gasteiger partial charge is 0.449 e. The number of ether oxygens (including phenoxy) is 1. The molecular weight excluding hydrogens is 290 g/mol. The van der Waals surface area contributed by atoms with Gasteiger partial charge in [-0.25, -0.2) is 4.79 Å². The Morgan fingerprint density at radius 2 is 1.70 bits per heavy atom. The predicted octanol–water partition coefficient (Wildman–Crippen LogP) is 3.30. The van der Waals surface area contributed by atoms with E-state index in [4.69, 9.17) is 4.74 Å². The first-order chi connectivity index (χ1) is 11.2. The molecule has 0 bridgehead atoms. The second kappa shape index (κ2) is 6.84. The third-order valence-electron chi connectivity index (χ3n) is 4.18. The molecule has 1 unspecified atom stereocenters. The van der Waals surface area contributed by atoms with Gasteiger partial charge in [-0.15, -0.1) is 0 Å². The second-order valence-corrected chi connectivity index (χ2v) is 5.89. The second-order valence-electron chi connectivity index (χ2n) is 5.89. The van der Waals surface area contributed by atoms with Crippen LogP contribution in [0.4, 0.5) is 4.79 Å². The molecule has 2 aromatic rings. The van der Waals surface area contributed by atoms with Crippen molar-refractivity contribution in [2.24, 2.45) is 0 Å². The molecule has 0 spiro atoms. The molecule has 1 aliphatic rings. The summed E-state index contributed by atoms with van der Waals surface area (Å²) in [5.74, 6) is 0.0740. The van der Waals surface area contributed by atoms with Gasteiger partial charge >= 0.3 is 6.09 Å². The maximum absolute atomic E-state index is 11.8. The summed E-state index contributed by atoms with van der Waals surface area (Å²) in [7, 11) is 0. The average Bonchev–Trinajstić information content (AvgIpc) is 2.87. The summed E-state index contributed by atoms with van der Waals surface area (Å²) in [6.07, 6.45) is -0.346. The molecule has 2 N–H and O–H groups in total. The minimum atomic E-state index is -0.437. The van der Waals surface area contributed by atoms with Crippen molar-refractivity contribution in [3.63, 3.8) is 0 Å². The number of alkyl carbamates (subject to hydrolysis) is 1. The smallest absolute Gasteiger partial charge is 0.407 e. The molecule has 1 aliphatic carbocycles. The third-order valence-corrected chi connectivity index (χ3v) is 4.18. The lowest BCUT2D eigenvalue weighted by molar-refractivity contribution is 0.139. The Morgan fingerprint density at radius 1 is 1.13 bits per heavy atom. The summed E-state index contributed by atoms with van der Waals surface area (Å²) >= 11 is 0. The van der Waals surface area contributed by atoms with Gasteiger partial charge in [-0.1, -0.05) is 48.5 Å². The van der Waals surface area contributed by atoms with Gasteiger partial charge in [0.05, 0.1) is 6.10 Å². The number of amides is 1. The highest BCUT2D eigenvalue weighted by Crippen LogP contribution is 2.44. The van der Waals surface area contributed by atoms with Gasteiger partial charge in [0, 0.05) is 12.5 Å². The highest BCUT2D eigenvalue weighted by molar-refractivity contribution is 5.79. The number of aliphatic hydroxyl groups excluding tert-OH is 1. The Morgan fingerprint density at radius 3 is 2.26 bits per heavy atom. The molecule has 0 saturated heterocycles. The third kappa shape index (κ3) is 3.37. The number of carbonyl (C=O) groups excluding carboxylic acids is 1. The van der Waals surface area contributed by atoms with Crippen molar-refractivity contribution in [3.05, 3.63) is 59.7 Å². The number of hydrogen-bond acceptors (Lipinski definition) is 3. The number of benzene rings is 2. The summed E-state index contributed by atoms with van der Waals surface area (Å²) in [5, 5.41) is 11.9. The van der Waals surface area contributed by atoms with Crippen LogP contribution in [0.1, 0.15) is 30.4 Å². The molecule has 120 valence electrons. The Kier molecular flexibility index (Phi) is 4.63. The lowest BCUT2D eigenvalue weighted by Gasteiger charge is -2.14. The van der Waals surface area contributed by atoms with Crippen LogP contribution < -0.4 is 5.32 Å². The van der Waals surface area contributed by atoms with Gasteiger partial charge in [0.1, 0.15) is 6.61 Å². The summed E-state index contributed by atoms with van der Waals surface area (Å²) in [6, 6.07) is 16.5. The van der Waals surface area contributed by atoms with Crippen LogP contribution in [0.3, 0.4) is 0 Å². The molecule has 23 heavy (non-hydrogen) atoms. The average molecular weight is 311 g/mol. The SMILES string of the molecule is CC(O)CCNC(=O)OCC1c2ccccc2-c2ccccc21. The minimum absolute atomic E-state index is 0.0740. The van der Waals surface area contributed by atoms with E-state index in [-0.39, 0.29) is 5.92 Å². The first kappa shape index (κ1) is 15.6. The number of rotatable bonds is 5. The van der Waals surface area contributed by atoms with E-state index in [1.807, 2.05) is 24.3 Å². The van der Waals surface area contributed by atoms with E-state index < -0.39 is 12.2 Å². The quantitative estimate of drug-likeness (QED) is 0.891. The van der Waals surface area contributed by atoms with E-state index in [9.17, 15) is 9.90 Å². The minimum Gasteiger partial charge on any atom is -0.449 e. The van der Waals surface area contributed by atoms with Crippen LogP contribution in [0.25, 0.3) is 11.1 Å². The Hall–Kier alpha value is -2.33. The van der Waals surface area contributed by atoms with Crippen molar-refractivity contribution in [3.8, 4) is 11.1 Å². The molecule has 0 saturated carbocycles. The topological polar surface area (TPSA) is 58.6 Å². The van der Waals surface area contributed by atoms with Crippen LogP contribution >= 0.6 is 0 Å². The van der Waals surface area contributed by atoms with E-state index in [1.165, 1.54) is 22.3 Å². The Bertz CT molecular complexity index is 651. The van der Waals surface area contributed by atoms with Crippen molar-refractivity contribution in [1.29, 1.82) is 0 Å². The molecule has 0 radical (unpaired) electrons. The zero-order valence-corrected chi connectivity index (χ0v) is 13.2. The maximum Gasteiger partial charge on any atom is 0.407 e. The molecule has 0 aliphatic heterocycles. The van der Waals surface area contributed by atoms with Crippen molar-refractivity contribution < 1.29 is 14.6 Å². The highest BCUT2D eigenvalue weighted by atomic mass is 16.5. The normalized spacial score (nSPS) is 14.0. The van der Waals surface area contributed by atoms with Gasteiger partial charge in [0.2, 0.25) is 0 Å². The van der Waals surface area contributed by atoms with Crippen molar-refractivity contribution >= 4 is 6.09 Å². The fourth-order valence-electron chi connectivity index (χ4n) is 3.03. The molecule has 1 amide bonds. The van der Waals surface area contributed by atoms with Crippen LogP contribution in [0.5, 0.6) is 0 Å². The number of aliphatic hydroxyl groups is 1. The number of carbonyl (C=O) groups is 1. The number of fused-ring (bicyclic) bond motifs is 3. The molecule has 0 heterocycles. The van der Waals surface area contributed by atoms with Crippen molar-refractivity contribution in [2.45, 2.75) is 25.4 Å². The van der Waals surface area contributed by atoms with E-state index in [2.05, 4.69) is 29.6 Å². The first-order valence-electron chi connectivity index (χ1n) is 7.93. The standard InChI is InChI=1S/C19H21NO3/c1-13(21)10-11-20-19(22)23-12-18-16-8-4-2-6-14(16)15-7-3-5-9-17(15)18/h2-9,13,18,21H,10-12H2,1H3,(H,20,22). The fourth-order valence-corrected chi connectivity index (χ4v) is 3.03. The van der Waals surface area contributed by atoms with Gasteiger partial charge in [-0.3, -0.25) is 0 Å². The fraction of sp³-hybridized carbons (Fsp3) is 0.316. The lowest BCUT2D eigenvalue weighted by atomic mass is 9.98. The van der Waals surface area contributed by atoms with Gasteiger partial charge in [0.25, 0.3) is 0 Å². The van der Waals surface area contributed by atoms with E-state index >= 15 is 0 Å². The zero-order chi connectivity index (χ0) is 16.2. The molecular formula is C19H21NO3. The van der Waals surface area contributed by atoms with Crippen LogP contribution in [-0.2, 0) is 4.74 Å². The molecule has 0 fully saturated rings. The summed E-state index contributed by atoms with van der Waals surface area (Å²) in [5.41, 5.74) is 4.83. The molecule has 3 rings (SSSR count). The van der Waals surface area contributed by atoms with Crippen molar-refractivity contribution in [1.82, 2.24) is 5.32 Å². The maximum atomic E-state index is 11.8. The zero-order valence-electron chi connectivity index (χ0n) is 13.2. The summed E-state index contributed by atoms with van der Waals surface area (Å²) < 4.78 is 5.39. The van der Waals surface area contributed by atoms with Gasteiger partial charge in [-0.2, -0.15) is 0 Å². The molecule has 4 nitrogen and oxygen atoms in total.